The van der Waals surface area contributed by atoms with E-state index in [9.17, 15) is 4.79 Å². The molecule has 3 nitrogen and oxygen atoms in total. The molecule has 2 amide bonds. The molecule has 0 aliphatic carbocycles. The quantitative estimate of drug-likeness (QED) is 0.352. The molecule has 0 aliphatic heterocycles. The van der Waals surface area contributed by atoms with E-state index in [1.165, 1.54) is 22.3 Å². The van der Waals surface area contributed by atoms with Gasteiger partial charge in [0.2, 0.25) is 0 Å². The summed E-state index contributed by atoms with van der Waals surface area (Å²) in [5, 5.41) is 2.62. The molecule has 0 aromatic heterocycles. The van der Waals surface area contributed by atoms with Gasteiger partial charge in [-0.1, -0.05) is 140 Å². The average molecular weight is 489 g/mol. The molecule has 3 aromatic carbocycles. The lowest BCUT2D eigenvalue weighted by Crippen LogP contribution is -2.22. The maximum atomic E-state index is 10.8. The van der Waals surface area contributed by atoms with E-state index in [4.69, 9.17) is 5.73 Å². The summed E-state index contributed by atoms with van der Waals surface area (Å²) in [6.07, 6.45) is 0. The fraction of sp³-hybridized carbons (Fsp3) is 0.424. The number of carbonyl (C=O) groups excluding carboxylic acids is 1. The number of nitrogens with two attached hydrogens (primary N) is 1. The highest BCUT2D eigenvalue weighted by Crippen LogP contribution is 2.29. The Morgan fingerprint density at radius 3 is 1.56 bits per heavy atom. The van der Waals surface area contributed by atoms with E-state index in [1.54, 1.807) is 0 Å². The number of hydrogen-bond donors (Lipinski definition) is 2. The van der Waals surface area contributed by atoms with E-state index in [1.807, 2.05) is 24.3 Å². The molecule has 0 aliphatic rings. The molecule has 0 spiro atoms. The number of anilines is 1. The molecule has 3 heteroatoms. The highest BCUT2D eigenvalue weighted by molar-refractivity contribution is 5.88. The minimum absolute atomic E-state index is 0.000949. The van der Waals surface area contributed by atoms with Crippen LogP contribution in [0.2, 0.25) is 0 Å². The number of rotatable bonds is 1. The van der Waals surface area contributed by atoms with Gasteiger partial charge in [0.15, 0.2) is 0 Å². The first-order valence-electron chi connectivity index (χ1n) is 12.7. The van der Waals surface area contributed by atoms with Gasteiger partial charge >= 0.3 is 6.03 Å². The summed E-state index contributed by atoms with van der Waals surface area (Å²) in [7, 11) is 0. The minimum atomic E-state index is -0.526. The van der Waals surface area contributed by atoms with Crippen molar-refractivity contribution in [3.63, 3.8) is 0 Å². The zero-order valence-corrected chi connectivity index (χ0v) is 24.4. The Kier molecular flexibility index (Phi) is 11.0. The summed E-state index contributed by atoms with van der Waals surface area (Å²) in [5.74, 6) is 0. The summed E-state index contributed by atoms with van der Waals surface area (Å²) < 4.78 is 0. The number of para-hydroxylation sites is 1. The minimum Gasteiger partial charge on any atom is -0.351 e. The molecule has 0 saturated carbocycles. The number of nitrogens with one attached hydrogen (secondary N) is 1. The molecule has 0 bridgehead atoms. The van der Waals surface area contributed by atoms with Crippen LogP contribution in [0, 0.1) is 13.8 Å². The predicted octanol–water partition coefficient (Wildman–Crippen LogP) is 9.06. The van der Waals surface area contributed by atoms with Crippen molar-refractivity contribution in [1.82, 2.24) is 0 Å². The molecule has 0 atom stereocenters. The molecule has 3 N–H and O–H groups in total. The first-order valence-corrected chi connectivity index (χ1v) is 12.7. The van der Waals surface area contributed by atoms with Gasteiger partial charge in [-0.25, -0.2) is 4.79 Å². The van der Waals surface area contributed by atoms with Crippen LogP contribution in [0.5, 0.6) is 0 Å². The average Bonchev–Trinajstić information content (AvgIpc) is 2.73. The van der Waals surface area contributed by atoms with Crippen molar-refractivity contribution in [2.24, 2.45) is 5.73 Å². The van der Waals surface area contributed by atoms with Gasteiger partial charge in [0.25, 0.3) is 0 Å². The van der Waals surface area contributed by atoms with Crippen LogP contribution in [-0.2, 0) is 16.2 Å². The van der Waals surface area contributed by atoms with Gasteiger partial charge in [0.05, 0.1) is 0 Å². The van der Waals surface area contributed by atoms with Crippen molar-refractivity contribution < 1.29 is 4.79 Å². The Bertz CT molecular complexity index is 1090. The fourth-order valence-corrected chi connectivity index (χ4v) is 3.54. The van der Waals surface area contributed by atoms with Crippen LogP contribution in [0.1, 0.15) is 90.1 Å². The summed E-state index contributed by atoms with van der Waals surface area (Å²) in [4.78, 5) is 10.8. The number of hydrogen-bond acceptors (Lipinski definition) is 1. The van der Waals surface area contributed by atoms with Crippen LogP contribution in [0.15, 0.2) is 72.8 Å². The van der Waals surface area contributed by atoms with E-state index >= 15 is 0 Å². The number of carbonyl (C=O) groups is 1. The van der Waals surface area contributed by atoms with Crippen LogP contribution < -0.4 is 11.1 Å². The number of urea groups is 1. The second-order valence-electron chi connectivity index (χ2n) is 12.5. The number of benzene rings is 3. The number of aryl methyl sites for hydroxylation is 2. The zero-order valence-electron chi connectivity index (χ0n) is 24.4. The van der Waals surface area contributed by atoms with E-state index < -0.39 is 6.03 Å². The van der Waals surface area contributed by atoms with Gasteiger partial charge < -0.3 is 11.1 Å². The van der Waals surface area contributed by atoms with Crippen LogP contribution in [0.4, 0.5) is 10.5 Å². The maximum absolute atomic E-state index is 10.8. The van der Waals surface area contributed by atoms with Crippen LogP contribution >= 0.6 is 0 Å². The summed E-state index contributed by atoms with van der Waals surface area (Å²) in [5.41, 5.74) is 13.0. The Morgan fingerprint density at radius 2 is 1.14 bits per heavy atom. The summed E-state index contributed by atoms with van der Waals surface area (Å²) >= 11 is 0. The normalized spacial score (nSPS) is 11.4. The van der Waals surface area contributed by atoms with E-state index in [2.05, 4.69) is 130 Å². The molecule has 3 aromatic rings. The summed E-state index contributed by atoms with van der Waals surface area (Å²) in [6, 6.07) is 24.6. The SMILES string of the molecule is CC(C)(C)c1ccccc1NC(N)=O.Cc1ccc(C(C)(C)C)cc1.Cc1cccc(C(C)(C)C)c1. The molecule has 0 fully saturated rings. The standard InChI is InChI=1S/C11H16N2O.2C11H16/c1-11(2,3)8-6-4-5-7-9(8)13-10(12)14;1-9-5-7-10(8-6-9)11(2,3)4;1-9-6-5-7-10(8-9)11(2,3)4/h4-7H,1-3H3,(H3,12,13,14);2*5-8H,1-4H3. The van der Waals surface area contributed by atoms with Crippen molar-refractivity contribution >= 4 is 11.7 Å². The number of primary amides is 1. The second kappa shape index (κ2) is 12.8. The summed E-state index contributed by atoms with van der Waals surface area (Å²) in [6.45, 7) is 23.9. The van der Waals surface area contributed by atoms with Crippen molar-refractivity contribution in [3.05, 3.63) is 101 Å². The molecule has 0 radical (unpaired) electrons. The van der Waals surface area contributed by atoms with Crippen LogP contribution in [0.3, 0.4) is 0 Å². The van der Waals surface area contributed by atoms with Crippen LogP contribution in [0.25, 0.3) is 0 Å². The molecule has 3 rings (SSSR count). The molecule has 196 valence electrons. The van der Waals surface area contributed by atoms with Gasteiger partial charge in [-0.05, 0) is 52.8 Å². The Balaban J connectivity index is 0.000000273. The second-order valence-corrected chi connectivity index (χ2v) is 12.5. The van der Waals surface area contributed by atoms with Gasteiger partial charge in [-0.15, -0.1) is 0 Å². The zero-order chi connectivity index (χ0) is 27.7. The van der Waals surface area contributed by atoms with Crippen molar-refractivity contribution in [2.45, 2.75) is 92.4 Å². The lowest BCUT2D eigenvalue weighted by Gasteiger charge is -2.22. The predicted molar refractivity (Wildman–Crippen MR) is 158 cm³/mol. The van der Waals surface area contributed by atoms with Gasteiger partial charge in [-0.3, -0.25) is 0 Å². The lowest BCUT2D eigenvalue weighted by atomic mass is 9.86. The third-order valence-electron chi connectivity index (χ3n) is 5.79. The van der Waals surface area contributed by atoms with Crippen molar-refractivity contribution in [1.29, 1.82) is 0 Å². The third-order valence-corrected chi connectivity index (χ3v) is 5.79. The van der Waals surface area contributed by atoms with E-state index in [0.29, 0.717) is 0 Å². The topological polar surface area (TPSA) is 55.1 Å². The molecule has 0 unspecified atom stereocenters. The maximum Gasteiger partial charge on any atom is 0.316 e. The smallest absolute Gasteiger partial charge is 0.316 e. The van der Waals surface area contributed by atoms with Crippen molar-refractivity contribution in [3.8, 4) is 0 Å². The van der Waals surface area contributed by atoms with Gasteiger partial charge in [0.1, 0.15) is 0 Å². The third kappa shape index (κ3) is 11.1. The van der Waals surface area contributed by atoms with Gasteiger partial charge in [0, 0.05) is 5.69 Å². The Labute approximate surface area is 220 Å². The molecule has 0 saturated heterocycles. The fourth-order valence-electron chi connectivity index (χ4n) is 3.54. The van der Waals surface area contributed by atoms with Crippen LogP contribution in [-0.4, -0.2) is 6.03 Å². The monoisotopic (exact) mass is 488 g/mol. The Hall–Kier alpha value is -3.07. The highest BCUT2D eigenvalue weighted by atomic mass is 16.2. The van der Waals surface area contributed by atoms with Gasteiger partial charge in [-0.2, -0.15) is 0 Å². The largest absolute Gasteiger partial charge is 0.351 e. The first kappa shape index (κ1) is 31.0. The first-order chi connectivity index (χ1) is 16.4. The molecular formula is C33H48N2O. The van der Waals surface area contributed by atoms with Crippen molar-refractivity contribution in [2.75, 3.05) is 5.32 Å². The van der Waals surface area contributed by atoms with E-state index in [-0.39, 0.29) is 16.2 Å². The highest BCUT2D eigenvalue weighted by Gasteiger charge is 2.17. The number of amides is 2. The van der Waals surface area contributed by atoms with E-state index in [0.717, 1.165) is 11.3 Å². The molecular weight excluding hydrogens is 440 g/mol. The Morgan fingerprint density at radius 1 is 0.611 bits per heavy atom. The lowest BCUT2D eigenvalue weighted by molar-refractivity contribution is 0.259. The molecule has 36 heavy (non-hydrogen) atoms. The molecule has 0 heterocycles.